The van der Waals surface area contributed by atoms with Crippen LogP contribution >= 0.6 is 0 Å². The van der Waals surface area contributed by atoms with Crippen molar-refractivity contribution in [3.05, 3.63) is 24.8 Å². The van der Waals surface area contributed by atoms with Crippen molar-refractivity contribution in [2.24, 2.45) is 0 Å². The van der Waals surface area contributed by atoms with Crippen LogP contribution in [0, 0.1) is 6.54 Å². The molecule has 1 aromatic heterocycles. The van der Waals surface area contributed by atoms with Gasteiger partial charge in [0.15, 0.2) is 0 Å². The van der Waals surface area contributed by atoms with E-state index in [4.69, 9.17) is 0 Å². The summed E-state index contributed by atoms with van der Waals surface area (Å²) < 4.78 is 1.99. The van der Waals surface area contributed by atoms with Crippen molar-refractivity contribution in [1.29, 1.82) is 0 Å². The van der Waals surface area contributed by atoms with E-state index in [9.17, 15) is 0 Å². The van der Waals surface area contributed by atoms with Gasteiger partial charge in [0.25, 0.3) is 0 Å². The summed E-state index contributed by atoms with van der Waals surface area (Å²) >= 11 is 0. The van der Waals surface area contributed by atoms with Gasteiger partial charge in [-0.05, 0) is 19.3 Å². The zero-order valence-electron chi connectivity index (χ0n) is 5.17. The van der Waals surface area contributed by atoms with Crippen molar-refractivity contribution in [3.8, 4) is 0 Å². The molecule has 0 aliphatic carbocycles. The third-order valence-electron chi connectivity index (χ3n) is 1.61. The topological polar surface area (TPSA) is 17.8 Å². The van der Waals surface area contributed by atoms with Crippen LogP contribution in [0.5, 0.6) is 0 Å². The van der Waals surface area contributed by atoms with E-state index in [1.54, 1.807) is 0 Å². The standard InChI is InChI=1S/C7H8N2/c1-2-4-9-6-8-5-7(9)3-1/h5-6H,1-3H2. The van der Waals surface area contributed by atoms with Crippen LogP contribution in [0.2, 0.25) is 0 Å². The Balaban J connectivity index is 2.39. The van der Waals surface area contributed by atoms with Crippen LogP contribution in [0.4, 0.5) is 0 Å². The first-order valence-corrected chi connectivity index (χ1v) is 3.22. The van der Waals surface area contributed by atoms with E-state index >= 15 is 0 Å². The van der Waals surface area contributed by atoms with Crippen LogP contribution in [0.25, 0.3) is 0 Å². The van der Waals surface area contributed by atoms with Crippen molar-refractivity contribution >= 4 is 0 Å². The van der Waals surface area contributed by atoms with Gasteiger partial charge in [0.1, 0.15) is 0 Å². The largest absolute Gasteiger partial charge is 0.324 e. The monoisotopic (exact) mass is 120 g/mol. The maximum Gasteiger partial charge on any atom is 0.0975 e. The van der Waals surface area contributed by atoms with Crippen LogP contribution in [-0.4, -0.2) is 9.55 Å². The molecule has 0 saturated heterocycles. The number of hydrogen-bond acceptors (Lipinski definition) is 1. The van der Waals surface area contributed by atoms with Gasteiger partial charge in [-0.2, -0.15) is 0 Å². The Morgan fingerprint density at radius 3 is 3.56 bits per heavy atom. The molecular weight excluding hydrogens is 112 g/mol. The third-order valence-corrected chi connectivity index (χ3v) is 1.61. The Morgan fingerprint density at radius 2 is 2.67 bits per heavy atom. The highest BCUT2D eigenvalue weighted by Crippen LogP contribution is 2.13. The Labute approximate surface area is 54.5 Å². The normalized spacial score (nSPS) is 17.3. The summed E-state index contributed by atoms with van der Waals surface area (Å²) in [5, 5.41) is 0. The lowest BCUT2D eigenvalue weighted by molar-refractivity contribution is 0.655. The molecule has 46 valence electrons. The summed E-state index contributed by atoms with van der Waals surface area (Å²) in [5.41, 5.74) is 1.29. The Bertz CT molecular complexity index is 182. The molecule has 1 aromatic rings. The predicted molar refractivity (Wildman–Crippen MR) is 33.8 cm³/mol. The summed E-state index contributed by atoms with van der Waals surface area (Å²) in [6.45, 7) is 3.20. The molecule has 2 radical (unpaired) electrons. The second-order valence-corrected chi connectivity index (χ2v) is 2.27. The van der Waals surface area contributed by atoms with Crippen molar-refractivity contribution in [2.75, 3.05) is 0 Å². The first-order valence-electron chi connectivity index (χ1n) is 3.22. The van der Waals surface area contributed by atoms with E-state index in [1.165, 1.54) is 12.1 Å². The number of nitrogens with zero attached hydrogens (tertiary/aromatic N) is 2. The molecule has 0 fully saturated rings. The molecule has 2 rings (SSSR count). The van der Waals surface area contributed by atoms with Crippen LogP contribution in [-0.2, 0) is 6.42 Å². The highest BCUT2D eigenvalue weighted by Gasteiger charge is 2.07. The lowest BCUT2D eigenvalue weighted by atomic mass is 10.1. The van der Waals surface area contributed by atoms with Crippen molar-refractivity contribution in [3.63, 3.8) is 0 Å². The molecule has 0 unspecified atom stereocenters. The minimum Gasteiger partial charge on any atom is -0.324 e. The Kier molecular flexibility index (Phi) is 1.04. The number of fused-ring (bicyclic) bond motifs is 1. The van der Waals surface area contributed by atoms with Gasteiger partial charge < -0.3 is 4.57 Å². The van der Waals surface area contributed by atoms with Crippen molar-refractivity contribution in [2.45, 2.75) is 19.3 Å². The lowest BCUT2D eigenvalue weighted by Crippen LogP contribution is -2.05. The quantitative estimate of drug-likeness (QED) is 0.501. The maximum absolute atomic E-state index is 4.00. The fraction of sp³-hybridized carbons (Fsp3) is 0.429. The molecular formula is C7H8N2. The highest BCUT2D eigenvalue weighted by molar-refractivity contribution is 5.04. The van der Waals surface area contributed by atoms with Crippen LogP contribution < -0.4 is 0 Å². The van der Waals surface area contributed by atoms with Gasteiger partial charge in [-0.15, -0.1) is 0 Å². The third kappa shape index (κ3) is 0.745. The molecule has 2 heterocycles. The molecule has 9 heavy (non-hydrogen) atoms. The number of aryl methyl sites for hydroxylation is 1. The minimum absolute atomic E-state index is 1.07. The highest BCUT2D eigenvalue weighted by atomic mass is 15.0. The molecule has 2 heteroatoms. The number of imidazole rings is 1. The molecule has 0 amide bonds. The molecule has 0 aromatic carbocycles. The molecule has 0 bridgehead atoms. The molecule has 0 saturated carbocycles. The van der Waals surface area contributed by atoms with Gasteiger partial charge in [0, 0.05) is 11.9 Å². The van der Waals surface area contributed by atoms with Crippen LogP contribution in [0.15, 0.2) is 12.5 Å². The average Bonchev–Trinajstić information content (AvgIpc) is 2.33. The zero-order chi connectivity index (χ0) is 6.10. The van der Waals surface area contributed by atoms with Gasteiger partial charge in [-0.1, -0.05) is 0 Å². The first-order chi connectivity index (χ1) is 4.47. The molecule has 2 nitrogen and oxygen atoms in total. The SMILES string of the molecule is [C]1CCCc2cncn21. The van der Waals surface area contributed by atoms with E-state index in [0.29, 0.717) is 0 Å². The van der Waals surface area contributed by atoms with E-state index < -0.39 is 0 Å². The summed E-state index contributed by atoms with van der Waals surface area (Å²) in [6, 6.07) is 0. The van der Waals surface area contributed by atoms with E-state index in [2.05, 4.69) is 11.5 Å². The van der Waals surface area contributed by atoms with Crippen LogP contribution in [0.3, 0.4) is 0 Å². The summed E-state index contributed by atoms with van der Waals surface area (Å²) in [4.78, 5) is 4.00. The molecule has 0 spiro atoms. The van der Waals surface area contributed by atoms with Gasteiger partial charge in [0.05, 0.1) is 12.9 Å². The smallest absolute Gasteiger partial charge is 0.0975 e. The summed E-state index contributed by atoms with van der Waals surface area (Å²) in [5.74, 6) is 0. The van der Waals surface area contributed by atoms with Crippen molar-refractivity contribution in [1.82, 2.24) is 9.55 Å². The van der Waals surface area contributed by atoms with Crippen molar-refractivity contribution < 1.29 is 0 Å². The van der Waals surface area contributed by atoms with Gasteiger partial charge in [-0.3, -0.25) is 0 Å². The Hall–Kier alpha value is -0.790. The second-order valence-electron chi connectivity index (χ2n) is 2.27. The molecule has 1 aliphatic heterocycles. The Morgan fingerprint density at radius 1 is 1.67 bits per heavy atom. The number of aromatic nitrogens is 2. The number of rotatable bonds is 0. The fourth-order valence-electron chi connectivity index (χ4n) is 1.12. The van der Waals surface area contributed by atoms with E-state index in [-0.39, 0.29) is 0 Å². The fourth-order valence-corrected chi connectivity index (χ4v) is 1.12. The molecule has 0 atom stereocenters. The van der Waals surface area contributed by atoms with Gasteiger partial charge >= 0.3 is 0 Å². The van der Waals surface area contributed by atoms with E-state index in [1.807, 2.05) is 17.1 Å². The molecule has 1 aliphatic rings. The maximum atomic E-state index is 4.00. The number of hydrogen-bond donors (Lipinski definition) is 0. The lowest BCUT2D eigenvalue weighted by Gasteiger charge is -2.10. The average molecular weight is 120 g/mol. The van der Waals surface area contributed by atoms with E-state index in [0.717, 1.165) is 12.8 Å². The second kappa shape index (κ2) is 1.87. The van der Waals surface area contributed by atoms with Gasteiger partial charge in [-0.25, -0.2) is 4.98 Å². The van der Waals surface area contributed by atoms with Gasteiger partial charge in [0.2, 0.25) is 0 Å². The summed E-state index contributed by atoms with van der Waals surface area (Å²) in [7, 11) is 0. The molecule has 0 N–H and O–H groups in total. The first kappa shape index (κ1) is 5.03. The summed E-state index contributed by atoms with van der Waals surface area (Å²) in [6.07, 6.45) is 7.18. The minimum atomic E-state index is 1.07. The zero-order valence-corrected chi connectivity index (χ0v) is 5.17. The van der Waals surface area contributed by atoms with Crippen LogP contribution in [0.1, 0.15) is 18.5 Å². The predicted octanol–water partition coefficient (Wildman–Crippen LogP) is 1.11.